The third-order valence-corrected chi connectivity index (χ3v) is 6.32. The van der Waals surface area contributed by atoms with E-state index in [-0.39, 0.29) is 17.4 Å². The molecule has 0 bridgehead atoms. The van der Waals surface area contributed by atoms with Gasteiger partial charge in [0.1, 0.15) is 5.82 Å². The molecule has 0 radical (unpaired) electrons. The van der Waals surface area contributed by atoms with Crippen LogP contribution in [0.5, 0.6) is 0 Å². The number of nitrogens with zero attached hydrogens (tertiary/aromatic N) is 2. The molecule has 7 heteroatoms. The summed E-state index contributed by atoms with van der Waals surface area (Å²) in [4.78, 5) is 29.1. The second-order valence-electron chi connectivity index (χ2n) is 8.31. The van der Waals surface area contributed by atoms with Gasteiger partial charge >= 0.3 is 0 Å². The van der Waals surface area contributed by atoms with Gasteiger partial charge in [-0.25, -0.2) is 4.98 Å². The summed E-state index contributed by atoms with van der Waals surface area (Å²) in [6.45, 7) is 0.534. The van der Waals surface area contributed by atoms with Gasteiger partial charge in [-0.2, -0.15) is 0 Å². The van der Waals surface area contributed by atoms with Crippen molar-refractivity contribution < 1.29 is 9.59 Å². The van der Waals surface area contributed by atoms with Crippen molar-refractivity contribution in [2.45, 2.75) is 44.1 Å². The summed E-state index contributed by atoms with van der Waals surface area (Å²) < 4.78 is 2.07. The summed E-state index contributed by atoms with van der Waals surface area (Å²) in [5.41, 5.74) is 2.78. The Balaban J connectivity index is 1.31. The SMILES string of the molecule is Cn1c(CCNC(=O)CC[C@@]2(Cc3ccc(Cl)cc3)CCC(=O)N2)nc2ccccc21. The Morgan fingerprint density at radius 1 is 1.23 bits per heavy atom. The summed E-state index contributed by atoms with van der Waals surface area (Å²) in [5, 5.41) is 6.82. The van der Waals surface area contributed by atoms with Gasteiger partial charge in [0.15, 0.2) is 0 Å². The van der Waals surface area contributed by atoms with Crippen LogP contribution < -0.4 is 10.6 Å². The lowest BCUT2D eigenvalue weighted by Gasteiger charge is -2.29. The van der Waals surface area contributed by atoms with Crippen LogP contribution in [0.1, 0.15) is 37.1 Å². The van der Waals surface area contributed by atoms with Gasteiger partial charge in [0.05, 0.1) is 11.0 Å². The fourth-order valence-electron chi connectivity index (χ4n) is 4.35. The molecule has 4 rings (SSSR count). The molecule has 1 aliphatic rings. The number of benzene rings is 2. The molecule has 2 aromatic carbocycles. The molecule has 0 aliphatic carbocycles. The molecule has 0 spiro atoms. The van der Waals surface area contributed by atoms with Crippen molar-refractivity contribution >= 4 is 34.4 Å². The number of aryl methyl sites for hydroxylation is 1. The second kappa shape index (κ2) is 9.10. The minimum absolute atomic E-state index is 0.00426. The number of aromatic nitrogens is 2. The van der Waals surface area contributed by atoms with Crippen molar-refractivity contribution in [3.63, 3.8) is 0 Å². The molecule has 1 saturated heterocycles. The zero-order valence-corrected chi connectivity index (χ0v) is 18.4. The molecule has 1 atom stereocenters. The monoisotopic (exact) mass is 438 g/mol. The van der Waals surface area contributed by atoms with E-state index in [2.05, 4.69) is 20.2 Å². The van der Waals surface area contributed by atoms with Gasteiger partial charge < -0.3 is 15.2 Å². The largest absolute Gasteiger partial charge is 0.356 e. The average Bonchev–Trinajstić information content (AvgIpc) is 3.29. The van der Waals surface area contributed by atoms with Crippen molar-refractivity contribution in [2.75, 3.05) is 6.54 Å². The second-order valence-corrected chi connectivity index (χ2v) is 8.74. The van der Waals surface area contributed by atoms with E-state index in [1.165, 1.54) is 0 Å². The molecule has 0 saturated carbocycles. The van der Waals surface area contributed by atoms with Gasteiger partial charge in [0.2, 0.25) is 11.8 Å². The smallest absolute Gasteiger partial charge is 0.220 e. The molecule has 0 unspecified atom stereocenters. The Bertz CT molecular complexity index is 1090. The first-order valence-corrected chi connectivity index (χ1v) is 11.0. The predicted molar refractivity (Wildman–Crippen MR) is 122 cm³/mol. The quantitative estimate of drug-likeness (QED) is 0.564. The van der Waals surface area contributed by atoms with Crippen molar-refractivity contribution in [3.05, 3.63) is 64.9 Å². The lowest BCUT2D eigenvalue weighted by molar-refractivity contribution is -0.122. The number of hydrogen-bond acceptors (Lipinski definition) is 3. The number of fused-ring (bicyclic) bond motifs is 1. The highest BCUT2D eigenvalue weighted by Crippen LogP contribution is 2.30. The van der Waals surface area contributed by atoms with E-state index in [0.717, 1.165) is 28.8 Å². The number of nitrogens with one attached hydrogen (secondary N) is 2. The standard InChI is InChI=1S/C24H27ClN4O2/c1-29-20-5-3-2-4-19(20)27-21(29)12-15-26-22(30)10-13-24(14-11-23(31)28-24)16-17-6-8-18(25)9-7-17/h2-9H,10-16H2,1H3,(H,26,30)(H,28,31)/t24-/m0/s1. The Morgan fingerprint density at radius 3 is 2.71 bits per heavy atom. The number of halogens is 1. The Kier molecular flexibility index (Phi) is 6.28. The fourth-order valence-corrected chi connectivity index (χ4v) is 4.47. The summed E-state index contributed by atoms with van der Waals surface area (Å²) in [7, 11) is 2.00. The van der Waals surface area contributed by atoms with Crippen molar-refractivity contribution in [3.8, 4) is 0 Å². The van der Waals surface area contributed by atoms with Crippen LogP contribution in [0, 0.1) is 0 Å². The number of imidazole rings is 1. The van der Waals surface area contributed by atoms with Crippen LogP contribution in [0.4, 0.5) is 0 Å². The molecule has 2 amide bonds. The van der Waals surface area contributed by atoms with Gasteiger partial charge in [0, 0.05) is 43.4 Å². The van der Waals surface area contributed by atoms with Crippen LogP contribution >= 0.6 is 11.6 Å². The molecule has 2 N–H and O–H groups in total. The number of hydrogen-bond donors (Lipinski definition) is 2. The van der Waals surface area contributed by atoms with Crippen LogP contribution in [0.2, 0.25) is 5.02 Å². The van der Waals surface area contributed by atoms with Crippen LogP contribution in [-0.2, 0) is 29.5 Å². The van der Waals surface area contributed by atoms with E-state index in [0.29, 0.717) is 43.7 Å². The highest BCUT2D eigenvalue weighted by atomic mass is 35.5. The highest BCUT2D eigenvalue weighted by molar-refractivity contribution is 6.30. The maximum atomic E-state index is 12.5. The van der Waals surface area contributed by atoms with Gasteiger partial charge in [-0.15, -0.1) is 0 Å². The number of para-hydroxylation sites is 2. The zero-order chi connectivity index (χ0) is 21.8. The van der Waals surface area contributed by atoms with Gasteiger partial charge in [-0.1, -0.05) is 35.9 Å². The number of rotatable bonds is 8. The van der Waals surface area contributed by atoms with Crippen molar-refractivity contribution in [1.82, 2.24) is 20.2 Å². The first kappa shape index (κ1) is 21.4. The van der Waals surface area contributed by atoms with E-state index in [1.807, 2.05) is 55.6 Å². The highest BCUT2D eigenvalue weighted by Gasteiger charge is 2.37. The zero-order valence-electron chi connectivity index (χ0n) is 17.7. The molecule has 1 aromatic heterocycles. The normalized spacial score (nSPS) is 18.3. The molecular formula is C24H27ClN4O2. The van der Waals surface area contributed by atoms with Crippen LogP contribution in [0.15, 0.2) is 48.5 Å². The van der Waals surface area contributed by atoms with Crippen molar-refractivity contribution in [1.29, 1.82) is 0 Å². The Morgan fingerprint density at radius 2 is 2.00 bits per heavy atom. The summed E-state index contributed by atoms with van der Waals surface area (Å²) in [6.07, 6.45) is 3.59. The van der Waals surface area contributed by atoms with E-state index in [4.69, 9.17) is 11.6 Å². The molecule has 162 valence electrons. The molecule has 31 heavy (non-hydrogen) atoms. The minimum atomic E-state index is -0.375. The van der Waals surface area contributed by atoms with Crippen molar-refractivity contribution in [2.24, 2.45) is 7.05 Å². The topological polar surface area (TPSA) is 76.0 Å². The first-order chi connectivity index (χ1) is 14.9. The number of amides is 2. The van der Waals surface area contributed by atoms with Crippen LogP contribution in [0.3, 0.4) is 0 Å². The van der Waals surface area contributed by atoms with Crippen LogP contribution in [0.25, 0.3) is 11.0 Å². The van der Waals surface area contributed by atoms with E-state index in [1.54, 1.807) is 0 Å². The van der Waals surface area contributed by atoms with E-state index < -0.39 is 0 Å². The number of carbonyl (C=O) groups excluding carboxylic acids is 2. The summed E-state index contributed by atoms with van der Waals surface area (Å²) in [6, 6.07) is 15.7. The number of carbonyl (C=O) groups is 2. The van der Waals surface area contributed by atoms with Gasteiger partial charge in [-0.05, 0) is 49.1 Å². The molecule has 3 aromatic rings. The van der Waals surface area contributed by atoms with Crippen LogP contribution in [-0.4, -0.2) is 33.4 Å². The third-order valence-electron chi connectivity index (χ3n) is 6.07. The lowest BCUT2D eigenvalue weighted by atomic mass is 9.85. The maximum Gasteiger partial charge on any atom is 0.220 e. The van der Waals surface area contributed by atoms with E-state index >= 15 is 0 Å². The Labute approximate surface area is 187 Å². The maximum absolute atomic E-state index is 12.5. The molecular weight excluding hydrogens is 412 g/mol. The third kappa shape index (κ3) is 5.07. The van der Waals surface area contributed by atoms with Gasteiger partial charge in [-0.3, -0.25) is 9.59 Å². The predicted octanol–water partition coefficient (Wildman–Crippen LogP) is 3.56. The minimum Gasteiger partial charge on any atom is -0.356 e. The summed E-state index contributed by atoms with van der Waals surface area (Å²) >= 11 is 5.99. The lowest BCUT2D eigenvalue weighted by Crippen LogP contribution is -2.44. The first-order valence-electron chi connectivity index (χ1n) is 10.7. The molecule has 6 nitrogen and oxygen atoms in total. The average molecular weight is 439 g/mol. The molecule has 2 heterocycles. The molecule has 1 aliphatic heterocycles. The van der Waals surface area contributed by atoms with Gasteiger partial charge in [0.25, 0.3) is 0 Å². The Hall–Kier alpha value is -2.86. The summed E-state index contributed by atoms with van der Waals surface area (Å²) in [5.74, 6) is 0.996. The van der Waals surface area contributed by atoms with E-state index in [9.17, 15) is 9.59 Å². The molecule has 1 fully saturated rings. The fraction of sp³-hybridized carbons (Fsp3) is 0.375.